The summed E-state index contributed by atoms with van der Waals surface area (Å²) in [6.07, 6.45) is 0. The lowest BCUT2D eigenvalue weighted by atomic mass is 9.75. The molecule has 0 saturated heterocycles. The summed E-state index contributed by atoms with van der Waals surface area (Å²) < 4.78 is 4.16. The van der Waals surface area contributed by atoms with E-state index in [9.17, 15) is 0 Å². The van der Waals surface area contributed by atoms with Crippen molar-refractivity contribution in [3.63, 3.8) is 0 Å². The Hall–Kier alpha value is -1.42. The minimum atomic E-state index is -0.671. The molecule has 3 heteroatoms. The van der Waals surface area contributed by atoms with Crippen molar-refractivity contribution < 1.29 is 4.75 Å². The molecule has 0 saturated carbocycles. The number of aryl methyl sites for hydroxylation is 1. The normalized spacial score (nSPS) is 14.9. The second-order valence-electron chi connectivity index (χ2n) is 18.9. The molecule has 3 rings (SSSR count). The summed E-state index contributed by atoms with van der Waals surface area (Å²) in [4.78, 5) is 0. The van der Waals surface area contributed by atoms with Crippen LogP contribution in [0.3, 0.4) is 0 Å². The van der Waals surface area contributed by atoms with Gasteiger partial charge in [-0.05, 0) is 65.9 Å². The Morgan fingerprint density at radius 1 is 0.476 bits per heavy atom. The van der Waals surface area contributed by atoms with E-state index in [1.807, 2.05) is 0 Å². The van der Waals surface area contributed by atoms with Gasteiger partial charge in [-0.2, -0.15) is 0 Å². The Kier molecular flexibility index (Phi) is 9.08. The van der Waals surface area contributed by atoms with Crippen molar-refractivity contribution in [2.75, 3.05) is 0 Å². The first kappa shape index (κ1) is 35.1. The van der Waals surface area contributed by atoms with Crippen molar-refractivity contribution in [3.8, 4) is 10.6 Å². The Balaban J connectivity index is 2.54. The van der Waals surface area contributed by atoms with Crippen LogP contribution in [0.5, 0.6) is 0 Å². The smallest absolute Gasteiger partial charge is 0.106 e. The van der Waals surface area contributed by atoms with Gasteiger partial charge in [0.25, 0.3) is 5.43 Å². The summed E-state index contributed by atoms with van der Waals surface area (Å²) in [6, 6.07) is 10.2. The molecule has 0 bridgehead atoms. The largest absolute Gasteiger partial charge is 0.319 e. The molecular formula is C39H63NP2+2. The SMILES string of the molecule is Cc1[nH+]p(-c2c(C(C)(C)C)cc(C(C)(C)C)cc2C(C)(C)C)c[p+]1-c1c(C(C)(C)C)cc(C(C)(C)C)cc1C(C)(C)C. The fraction of sp³-hybridized carbons (Fsp3) is 0.641. The monoisotopic (exact) mass is 607 g/mol. The van der Waals surface area contributed by atoms with Crippen LogP contribution in [-0.4, -0.2) is 0 Å². The molecule has 0 amide bonds. The van der Waals surface area contributed by atoms with Gasteiger partial charge in [-0.1, -0.05) is 149 Å². The van der Waals surface area contributed by atoms with Crippen LogP contribution in [0, 0.1) is 6.92 Å². The molecule has 232 valence electrons. The summed E-state index contributed by atoms with van der Waals surface area (Å²) in [5.41, 5.74) is 13.6. The Morgan fingerprint density at radius 2 is 0.786 bits per heavy atom. The zero-order valence-electron chi connectivity index (χ0n) is 30.8. The minimum Gasteiger partial charge on any atom is -0.106 e. The number of benzene rings is 2. The lowest BCUT2D eigenvalue weighted by molar-refractivity contribution is -0.296. The van der Waals surface area contributed by atoms with Crippen molar-refractivity contribution in [1.82, 2.24) is 0 Å². The fourth-order valence-electron chi connectivity index (χ4n) is 5.74. The van der Waals surface area contributed by atoms with Crippen LogP contribution in [0.2, 0.25) is 0 Å². The molecule has 0 aliphatic rings. The molecule has 0 aliphatic heterocycles. The number of aromatic nitrogens is 1. The lowest BCUT2D eigenvalue weighted by Crippen LogP contribution is -2.22. The third-order valence-electron chi connectivity index (χ3n) is 8.54. The quantitative estimate of drug-likeness (QED) is 0.275. The summed E-state index contributed by atoms with van der Waals surface area (Å²) in [5, 5.41) is 3.15. The second kappa shape index (κ2) is 10.9. The van der Waals surface area contributed by atoms with Gasteiger partial charge in [0.15, 0.2) is 0 Å². The van der Waals surface area contributed by atoms with Crippen molar-refractivity contribution >= 4 is 15.2 Å². The molecule has 0 radical (unpaired) electrons. The van der Waals surface area contributed by atoms with E-state index in [0.717, 1.165) is 0 Å². The summed E-state index contributed by atoms with van der Waals surface area (Å²) >= 11 is 0. The zero-order chi connectivity index (χ0) is 32.6. The summed E-state index contributed by atoms with van der Waals surface area (Å²) in [5.74, 6) is 0. The highest BCUT2D eigenvalue weighted by Crippen LogP contribution is 2.59. The minimum absolute atomic E-state index is 0.0508. The highest BCUT2D eigenvalue weighted by atomic mass is 31.1. The van der Waals surface area contributed by atoms with E-state index in [-0.39, 0.29) is 32.5 Å². The molecule has 1 N–H and O–H groups in total. The average molecular weight is 608 g/mol. The highest BCUT2D eigenvalue weighted by Gasteiger charge is 2.40. The number of aromatic amines is 1. The third kappa shape index (κ3) is 7.27. The highest BCUT2D eigenvalue weighted by molar-refractivity contribution is 7.68. The van der Waals surface area contributed by atoms with Crippen molar-refractivity contribution in [1.29, 1.82) is 0 Å². The first-order valence-electron chi connectivity index (χ1n) is 16.0. The molecule has 2 atom stereocenters. The van der Waals surface area contributed by atoms with Gasteiger partial charge in [0.05, 0.1) is 5.30 Å². The average Bonchev–Trinajstić information content (AvgIpc) is 3.14. The summed E-state index contributed by atoms with van der Waals surface area (Å²) in [6.45, 7) is 45.3. The van der Waals surface area contributed by atoms with Gasteiger partial charge < -0.3 is 0 Å². The van der Waals surface area contributed by atoms with E-state index in [0.29, 0.717) is 0 Å². The fourth-order valence-corrected chi connectivity index (χ4v) is 12.7. The molecule has 1 nitrogen and oxygen atoms in total. The number of nitrogens with one attached hydrogen (secondary N) is 1. The summed E-state index contributed by atoms with van der Waals surface area (Å²) in [7, 11) is -1.27. The first-order chi connectivity index (χ1) is 18.5. The molecule has 2 unspecified atom stereocenters. The number of rotatable bonds is 2. The van der Waals surface area contributed by atoms with E-state index in [4.69, 9.17) is 0 Å². The van der Waals surface area contributed by atoms with Crippen LogP contribution >= 0.6 is 15.2 Å². The first-order valence-corrected chi connectivity index (χ1v) is 18.8. The molecule has 1 heterocycles. The van der Waals surface area contributed by atoms with Gasteiger partial charge in [0.2, 0.25) is 5.53 Å². The molecule has 42 heavy (non-hydrogen) atoms. The molecule has 0 spiro atoms. The maximum atomic E-state index is 4.16. The van der Waals surface area contributed by atoms with Crippen LogP contribution in [0.15, 0.2) is 29.8 Å². The molecule has 0 aliphatic carbocycles. The van der Waals surface area contributed by atoms with Gasteiger partial charge in [-0.3, -0.25) is 0 Å². The van der Waals surface area contributed by atoms with Crippen LogP contribution in [0.25, 0.3) is 10.6 Å². The second-order valence-corrected chi connectivity index (χ2v) is 23.1. The van der Waals surface area contributed by atoms with Gasteiger partial charge in [0.1, 0.15) is 12.8 Å². The third-order valence-corrected chi connectivity index (χ3v) is 13.9. The Bertz CT molecular complexity index is 1390. The van der Waals surface area contributed by atoms with Crippen LogP contribution in [0.4, 0.5) is 0 Å². The van der Waals surface area contributed by atoms with Gasteiger partial charge in [0, 0.05) is 6.92 Å². The maximum Gasteiger partial charge on any atom is 0.319 e. The topological polar surface area (TPSA) is 14.1 Å². The van der Waals surface area contributed by atoms with E-state index in [2.05, 4.69) is 166 Å². The molecule has 2 aromatic carbocycles. The number of hydrogen-bond donors (Lipinski definition) is 0. The molecule has 0 fully saturated rings. The zero-order valence-corrected chi connectivity index (χ0v) is 32.6. The Labute approximate surface area is 262 Å². The molecular weight excluding hydrogens is 544 g/mol. The van der Waals surface area contributed by atoms with Gasteiger partial charge >= 0.3 is 7.69 Å². The standard InChI is InChI=1S/C39H62NP2/c1-25-40-42(33-30(38(14,15)16)22-27(35(5,6)7)23-31(33)39(17,18)19)24-41(25)32-28(36(8,9)10)20-26(34(2,3)4)21-29(32)37(11,12)13/h20-24H,1-19H3/q+1/p+1. The van der Waals surface area contributed by atoms with Crippen molar-refractivity contribution in [2.45, 2.75) is 164 Å². The van der Waals surface area contributed by atoms with Crippen LogP contribution < -0.4 is 4.75 Å². The van der Waals surface area contributed by atoms with Gasteiger partial charge in [-0.25, -0.2) is 0 Å². The van der Waals surface area contributed by atoms with Crippen LogP contribution in [-0.2, 0) is 32.5 Å². The van der Waals surface area contributed by atoms with Crippen molar-refractivity contribution in [2.24, 2.45) is 0 Å². The van der Waals surface area contributed by atoms with Crippen molar-refractivity contribution in [3.05, 3.63) is 68.6 Å². The van der Waals surface area contributed by atoms with E-state index >= 15 is 0 Å². The predicted octanol–water partition coefficient (Wildman–Crippen LogP) is 12.8. The lowest BCUT2D eigenvalue weighted by Gasteiger charge is -2.31. The molecule has 3 aromatic rings. The number of hydrogen-bond acceptors (Lipinski definition) is 0. The Morgan fingerprint density at radius 3 is 1.07 bits per heavy atom. The number of H-pyrrole nitrogens is 1. The van der Waals surface area contributed by atoms with Crippen LogP contribution in [0.1, 0.15) is 163 Å². The maximum absolute atomic E-state index is 4.16. The molecule has 1 aromatic heterocycles. The van der Waals surface area contributed by atoms with Gasteiger partial charge in [-0.15, -0.1) is 4.75 Å². The predicted molar refractivity (Wildman–Crippen MR) is 192 cm³/mol. The van der Waals surface area contributed by atoms with E-state index < -0.39 is 15.2 Å². The van der Waals surface area contributed by atoms with E-state index in [1.54, 1.807) is 10.6 Å². The van der Waals surface area contributed by atoms with E-state index in [1.165, 1.54) is 38.8 Å².